The number of rotatable bonds is 5. The molecule has 1 atom stereocenters. The number of hydrogen-bond acceptors (Lipinski definition) is 5. The molecule has 0 spiro atoms. The summed E-state index contributed by atoms with van der Waals surface area (Å²) in [7, 11) is -3.25. The maximum Gasteiger partial charge on any atom is 0.339 e. The molecule has 1 heterocycles. The molecule has 1 rings (SSSR count). The lowest BCUT2D eigenvalue weighted by molar-refractivity contribution is 0.0352. The van der Waals surface area contributed by atoms with Gasteiger partial charge >= 0.3 is 5.97 Å². The van der Waals surface area contributed by atoms with Crippen molar-refractivity contribution in [2.45, 2.75) is 13.0 Å². The Kier molecular flexibility index (Phi) is 4.45. The summed E-state index contributed by atoms with van der Waals surface area (Å²) in [5.41, 5.74) is 0.483. The normalized spacial score (nSPS) is 13.4. The number of hydrogen-bond donors (Lipinski definition) is 1. The molecular formula is C9H13NO4S2. The molecular weight excluding hydrogens is 250 g/mol. The molecule has 16 heavy (non-hydrogen) atoms. The molecule has 0 saturated heterocycles. The molecule has 1 N–H and O–H groups in total. The van der Waals surface area contributed by atoms with Crippen molar-refractivity contribution in [1.29, 1.82) is 0 Å². The molecule has 0 saturated carbocycles. The van der Waals surface area contributed by atoms with Crippen LogP contribution in [0.2, 0.25) is 0 Å². The Morgan fingerprint density at radius 3 is 2.81 bits per heavy atom. The summed E-state index contributed by atoms with van der Waals surface area (Å²) < 4.78 is 28.9. The fraction of sp³-hybridized carbons (Fsp3) is 0.444. The molecule has 1 aromatic rings. The van der Waals surface area contributed by atoms with Crippen molar-refractivity contribution in [1.82, 2.24) is 4.72 Å². The number of carbonyl (C=O) groups excluding carboxylic acids is 1. The van der Waals surface area contributed by atoms with E-state index < -0.39 is 22.1 Å². The lowest BCUT2D eigenvalue weighted by atomic mass is 10.3. The molecule has 0 aliphatic carbocycles. The number of thiophene rings is 1. The molecule has 0 amide bonds. The van der Waals surface area contributed by atoms with Crippen LogP contribution in [0.1, 0.15) is 17.3 Å². The molecule has 0 fully saturated rings. The quantitative estimate of drug-likeness (QED) is 0.799. The van der Waals surface area contributed by atoms with Crippen molar-refractivity contribution in [3.8, 4) is 0 Å². The third kappa shape index (κ3) is 4.73. The molecule has 1 aromatic heterocycles. The molecule has 0 radical (unpaired) electrons. The van der Waals surface area contributed by atoms with Gasteiger partial charge in [-0.05, 0) is 18.4 Å². The molecule has 90 valence electrons. The van der Waals surface area contributed by atoms with Crippen LogP contribution in [0.4, 0.5) is 0 Å². The van der Waals surface area contributed by atoms with Gasteiger partial charge in [-0.25, -0.2) is 17.9 Å². The van der Waals surface area contributed by atoms with Crippen molar-refractivity contribution >= 4 is 27.3 Å². The van der Waals surface area contributed by atoms with Gasteiger partial charge in [-0.1, -0.05) is 0 Å². The van der Waals surface area contributed by atoms with E-state index >= 15 is 0 Å². The van der Waals surface area contributed by atoms with Crippen LogP contribution in [-0.4, -0.2) is 33.3 Å². The van der Waals surface area contributed by atoms with Crippen LogP contribution < -0.4 is 4.72 Å². The predicted octanol–water partition coefficient (Wildman–Crippen LogP) is 0.843. The van der Waals surface area contributed by atoms with Gasteiger partial charge in [-0.15, -0.1) is 0 Å². The van der Waals surface area contributed by atoms with E-state index in [1.165, 1.54) is 11.3 Å². The smallest absolute Gasteiger partial charge is 0.339 e. The summed E-state index contributed by atoms with van der Waals surface area (Å²) >= 11 is 1.40. The molecule has 0 aliphatic rings. The summed E-state index contributed by atoms with van der Waals surface area (Å²) in [6.45, 7) is 1.71. The van der Waals surface area contributed by atoms with Crippen LogP contribution in [0.25, 0.3) is 0 Å². The first-order valence-corrected chi connectivity index (χ1v) is 7.40. The highest BCUT2D eigenvalue weighted by Gasteiger charge is 2.13. The first kappa shape index (κ1) is 13.1. The minimum absolute atomic E-state index is 0.0781. The summed E-state index contributed by atoms with van der Waals surface area (Å²) in [6.07, 6.45) is 0.558. The number of carbonyl (C=O) groups is 1. The van der Waals surface area contributed by atoms with E-state index in [0.717, 1.165) is 6.26 Å². The first-order chi connectivity index (χ1) is 7.38. The second kappa shape index (κ2) is 5.42. The Balaban J connectivity index is 2.40. The lowest BCUT2D eigenvalue weighted by Gasteiger charge is -2.12. The molecule has 0 aromatic carbocycles. The van der Waals surface area contributed by atoms with Gasteiger partial charge in [0.15, 0.2) is 0 Å². The van der Waals surface area contributed by atoms with Gasteiger partial charge in [0.05, 0.1) is 11.8 Å². The van der Waals surface area contributed by atoms with E-state index in [0.29, 0.717) is 5.56 Å². The SMILES string of the molecule is C[C@@H](CNS(C)(=O)=O)OC(=O)c1ccsc1. The van der Waals surface area contributed by atoms with Gasteiger partial charge in [0.1, 0.15) is 6.10 Å². The van der Waals surface area contributed by atoms with Crippen LogP contribution in [0, 0.1) is 0 Å². The van der Waals surface area contributed by atoms with Gasteiger partial charge in [0, 0.05) is 11.9 Å². The van der Waals surface area contributed by atoms with Gasteiger partial charge in [-0.2, -0.15) is 11.3 Å². The van der Waals surface area contributed by atoms with Crippen molar-refractivity contribution in [3.05, 3.63) is 22.4 Å². The third-order valence-electron chi connectivity index (χ3n) is 1.70. The topological polar surface area (TPSA) is 72.5 Å². The van der Waals surface area contributed by atoms with Crippen molar-refractivity contribution < 1.29 is 17.9 Å². The molecule has 0 aliphatic heterocycles. The summed E-state index contributed by atoms with van der Waals surface area (Å²) in [5, 5.41) is 3.45. The Labute approximate surface area is 98.5 Å². The highest BCUT2D eigenvalue weighted by molar-refractivity contribution is 7.88. The average Bonchev–Trinajstić information content (AvgIpc) is 2.66. The van der Waals surface area contributed by atoms with Crippen molar-refractivity contribution in [2.75, 3.05) is 12.8 Å². The second-order valence-corrected chi connectivity index (χ2v) is 5.96. The minimum atomic E-state index is -3.25. The zero-order chi connectivity index (χ0) is 12.2. The standard InChI is InChI=1S/C9H13NO4S2/c1-7(5-10-16(2,12)13)14-9(11)8-3-4-15-6-8/h3-4,6-7,10H,5H2,1-2H3/t7-/m0/s1. The summed E-state index contributed by atoms with van der Waals surface area (Å²) in [6, 6.07) is 1.66. The summed E-state index contributed by atoms with van der Waals surface area (Å²) in [4.78, 5) is 11.4. The van der Waals surface area contributed by atoms with Crippen LogP contribution >= 0.6 is 11.3 Å². The number of sulfonamides is 1. The zero-order valence-corrected chi connectivity index (χ0v) is 10.6. The van der Waals surface area contributed by atoms with Crippen LogP contribution in [0.3, 0.4) is 0 Å². The van der Waals surface area contributed by atoms with Crippen LogP contribution in [0.5, 0.6) is 0 Å². The first-order valence-electron chi connectivity index (χ1n) is 4.56. The second-order valence-electron chi connectivity index (χ2n) is 3.35. The Morgan fingerprint density at radius 1 is 1.62 bits per heavy atom. The molecule has 7 heteroatoms. The van der Waals surface area contributed by atoms with E-state index in [-0.39, 0.29) is 6.54 Å². The largest absolute Gasteiger partial charge is 0.458 e. The Hall–Kier alpha value is -0.920. The average molecular weight is 263 g/mol. The number of ether oxygens (including phenoxy) is 1. The summed E-state index contributed by atoms with van der Waals surface area (Å²) in [5.74, 6) is -0.441. The Bertz CT molecular complexity index is 438. The molecule has 0 bridgehead atoms. The van der Waals surface area contributed by atoms with E-state index in [1.807, 2.05) is 0 Å². The van der Waals surface area contributed by atoms with Gasteiger partial charge in [-0.3, -0.25) is 0 Å². The van der Waals surface area contributed by atoms with Crippen LogP contribution in [0.15, 0.2) is 16.8 Å². The zero-order valence-electron chi connectivity index (χ0n) is 8.97. The van der Waals surface area contributed by atoms with Gasteiger partial charge < -0.3 is 4.74 Å². The number of nitrogens with one attached hydrogen (secondary N) is 1. The van der Waals surface area contributed by atoms with E-state index in [1.54, 1.807) is 23.8 Å². The van der Waals surface area contributed by atoms with Gasteiger partial charge in [0.2, 0.25) is 10.0 Å². The third-order valence-corrected chi connectivity index (χ3v) is 3.07. The fourth-order valence-corrected chi connectivity index (χ4v) is 2.10. The minimum Gasteiger partial charge on any atom is -0.458 e. The monoisotopic (exact) mass is 263 g/mol. The van der Waals surface area contributed by atoms with E-state index in [4.69, 9.17) is 4.74 Å². The maximum atomic E-state index is 11.4. The van der Waals surface area contributed by atoms with E-state index in [2.05, 4.69) is 4.72 Å². The highest BCUT2D eigenvalue weighted by atomic mass is 32.2. The van der Waals surface area contributed by atoms with Crippen LogP contribution in [-0.2, 0) is 14.8 Å². The molecule has 5 nitrogen and oxygen atoms in total. The highest BCUT2D eigenvalue weighted by Crippen LogP contribution is 2.08. The molecule has 0 unspecified atom stereocenters. The fourth-order valence-electron chi connectivity index (χ4n) is 0.942. The predicted molar refractivity (Wildman–Crippen MR) is 62.0 cm³/mol. The lowest BCUT2D eigenvalue weighted by Crippen LogP contribution is -2.32. The van der Waals surface area contributed by atoms with Gasteiger partial charge in [0.25, 0.3) is 0 Å². The van der Waals surface area contributed by atoms with Crippen molar-refractivity contribution in [2.24, 2.45) is 0 Å². The van der Waals surface area contributed by atoms with Crippen molar-refractivity contribution in [3.63, 3.8) is 0 Å². The number of esters is 1. The Morgan fingerprint density at radius 2 is 2.31 bits per heavy atom. The maximum absolute atomic E-state index is 11.4. The van der Waals surface area contributed by atoms with E-state index in [9.17, 15) is 13.2 Å².